The monoisotopic (exact) mass is 338 g/mol. The smallest absolute Gasteiger partial charge is 0.248 e. The zero-order valence-electron chi connectivity index (χ0n) is 13.2. The van der Waals surface area contributed by atoms with Gasteiger partial charge in [0.25, 0.3) is 0 Å². The fourth-order valence-corrected chi connectivity index (χ4v) is 4.20. The van der Waals surface area contributed by atoms with E-state index in [2.05, 4.69) is 15.3 Å². The zero-order valence-corrected chi connectivity index (χ0v) is 14.0. The van der Waals surface area contributed by atoms with Gasteiger partial charge in [-0.1, -0.05) is 12.8 Å². The number of hydrogen-bond donors (Lipinski definition) is 2. The Hall–Kier alpha value is -2.47. The molecule has 1 fully saturated rings. The molecule has 3 aromatic rings. The first-order valence-corrected chi connectivity index (χ1v) is 8.99. The summed E-state index contributed by atoms with van der Waals surface area (Å²) < 4.78 is 1.04. The molecule has 3 N–H and O–H groups in total. The predicted molar refractivity (Wildman–Crippen MR) is 96.9 cm³/mol. The van der Waals surface area contributed by atoms with Crippen molar-refractivity contribution in [2.75, 3.05) is 5.32 Å². The molecule has 0 aliphatic heterocycles. The summed E-state index contributed by atoms with van der Waals surface area (Å²) in [7, 11) is 0. The first-order chi connectivity index (χ1) is 11.7. The number of aromatic nitrogens is 2. The number of nitrogens with zero attached hydrogens (tertiary/aromatic N) is 2. The zero-order chi connectivity index (χ0) is 16.5. The fraction of sp³-hybridized carbons (Fsp3) is 0.278. The first kappa shape index (κ1) is 15.1. The maximum absolute atomic E-state index is 11.6. The molecule has 1 amide bonds. The quantitative estimate of drug-likeness (QED) is 0.747. The van der Waals surface area contributed by atoms with Crippen molar-refractivity contribution in [2.45, 2.75) is 31.6 Å². The number of rotatable bonds is 4. The second kappa shape index (κ2) is 6.20. The van der Waals surface area contributed by atoms with E-state index >= 15 is 0 Å². The number of primary amides is 1. The normalized spacial score (nSPS) is 15.0. The van der Waals surface area contributed by atoms with Crippen LogP contribution in [-0.2, 0) is 0 Å². The number of amides is 1. The molecule has 6 heteroatoms. The summed E-state index contributed by atoms with van der Waals surface area (Å²) in [5.74, 6) is 0.886. The van der Waals surface area contributed by atoms with E-state index in [9.17, 15) is 4.79 Å². The Morgan fingerprint density at radius 3 is 2.83 bits per heavy atom. The van der Waals surface area contributed by atoms with Gasteiger partial charge in [-0.05, 0) is 54.0 Å². The Morgan fingerprint density at radius 1 is 1.21 bits per heavy atom. The minimum absolute atomic E-state index is 0.386. The molecule has 1 aliphatic carbocycles. The van der Waals surface area contributed by atoms with Crippen LogP contribution in [0.25, 0.3) is 10.2 Å². The van der Waals surface area contributed by atoms with Crippen LogP contribution in [0.1, 0.15) is 47.5 Å². The van der Waals surface area contributed by atoms with Gasteiger partial charge < -0.3 is 11.1 Å². The summed E-state index contributed by atoms with van der Waals surface area (Å²) in [4.78, 5) is 20.2. The number of nitrogens with two attached hydrogens (primary N) is 1. The minimum atomic E-state index is -0.386. The number of benzene rings is 1. The van der Waals surface area contributed by atoms with Crippen LogP contribution >= 0.6 is 11.3 Å². The molecule has 1 aromatic carbocycles. The number of thiophene rings is 1. The van der Waals surface area contributed by atoms with Gasteiger partial charge in [0.2, 0.25) is 5.91 Å². The molecule has 0 atom stereocenters. The lowest BCUT2D eigenvalue weighted by atomic mass is 9.94. The van der Waals surface area contributed by atoms with E-state index in [0.717, 1.165) is 40.1 Å². The molecule has 122 valence electrons. The van der Waals surface area contributed by atoms with E-state index in [4.69, 9.17) is 5.73 Å². The molecular weight excluding hydrogens is 320 g/mol. The summed E-state index contributed by atoms with van der Waals surface area (Å²) >= 11 is 1.62. The average molecular weight is 338 g/mol. The van der Waals surface area contributed by atoms with Crippen molar-refractivity contribution in [1.82, 2.24) is 9.97 Å². The molecule has 2 aromatic heterocycles. The topological polar surface area (TPSA) is 80.9 Å². The number of nitrogens with one attached hydrogen (secondary N) is 1. The molecule has 0 spiro atoms. The van der Waals surface area contributed by atoms with Crippen molar-refractivity contribution in [3.8, 4) is 0 Å². The molecule has 0 radical (unpaired) electrons. The summed E-state index contributed by atoms with van der Waals surface area (Å²) in [6, 6.07) is 7.64. The summed E-state index contributed by atoms with van der Waals surface area (Å²) in [6.45, 7) is 0. The standard InChI is InChI=1S/C18H18N4OS/c19-17(23)12-5-6-14(13(9-12)11-3-1-2-4-11)22-18-16-15(7-8-24-16)20-10-21-18/h5-11H,1-4H2,(H2,19,23)(H,20,21,22). The minimum Gasteiger partial charge on any atom is -0.366 e. The number of fused-ring (bicyclic) bond motifs is 1. The molecule has 2 heterocycles. The van der Waals surface area contributed by atoms with Crippen molar-refractivity contribution in [2.24, 2.45) is 5.73 Å². The van der Waals surface area contributed by atoms with Gasteiger partial charge in [0.15, 0.2) is 5.82 Å². The van der Waals surface area contributed by atoms with Crippen LogP contribution in [-0.4, -0.2) is 15.9 Å². The third-order valence-corrected chi connectivity index (χ3v) is 5.54. The Kier molecular flexibility index (Phi) is 3.90. The van der Waals surface area contributed by atoms with Crippen LogP contribution in [0.5, 0.6) is 0 Å². The Bertz CT molecular complexity index is 899. The number of anilines is 2. The van der Waals surface area contributed by atoms with E-state index < -0.39 is 0 Å². The highest BCUT2D eigenvalue weighted by atomic mass is 32.1. The largest absolute Gasteiger partial charge is 0.366 e. The van der Waals surface area contributed by atoms with Gasteiger partial charge in [-0.3, -0.25) is 4.79 Å². The summed E-state index contributed by atoms with van der Waals surface area (Å²) in [6.07, 6.45) is 6.33. The van der Waals surface area contributed by atoms with Crippen LogP contribution < -0.4 is 11.1 Å². The molecular formula is C18H18N4OS. The van der Waals surface area contributed by atoms with E-state index in [1.54, 1.807) is 23.7 Å². The lowest BCUT2D eigenvalue weighted by molar-refractivity contribution is 0.1000. The van der Waals surface area contributed by atoms with Gasteiger partial charge in [0.05, 0.1) is 10.2 Å². The van der Waals surface area contributed by atoms with Crippen LogP contribution in [0.2, 0.25) is 0 Å². The highest BCUT2D eigenvalue weighted by molar-refractivity contribution is 7.17. The Morgan fingerprint density at radius 2 is 2.04 bits per heavy atom. The highest BCUT2D eigenvalue weighted by Crippen LogP contribution is 2.39. The molecule has 24 heavy (non-hydrogen) atoms. The van der Waals surface area contributed by atoms with Crippen molar-refractivity contribution < 1.29 is 4.79 Å². The third-order valence-electron chi connectivity index (χ3n) is 4.63. The van der Waals surface area contributed by atoms with Crippen molar-refractivity contribution >= 4 is 39.0 Å². The Balaban J connectivity index is 1.76. The van der Waals surface area contributed by atoms with E-state index in [1.807, 2.05) is 23.6 Å². The highest BCUT2D eigenvalue weighted by Gasteiger charge is 2.21. The van der Waals surface area contributed by atoms with Crippen LogP contribution in [0.3, 0.4) is 0 Å². The molecule has 1 saturated carbocycles. The predicted octanol–water partition coefficient (Wildman–Crippen LogP) is 4.19. The maximum atomic E-state index is 11.6. The van der Waals surface area contributed by atoms with Gasteiger partial charge in [-0.25, -0.2) is 9.97 Å². The molecule has 1 aliphatic rings. The molecule has 5 nitrogen and oxygen atoms in total. The third kappa shape index (κ3) is 2.73. The van der Waals surface area contributed by atoms with Gasteiger partial charge >= 0.3 is 0 Å². The van der Waals surface area contributed by atoms with Crippen molar-refractivity contribution in [3.05, 3.63) is 47.1 Å². The average Bonchev–Trinajstić information content (AvgIpc) is 3.27. The van der Waals surface area contributed by atoms with Crippen molar-refractivity contribution in [1.29, 1.82) is 0 Å². The molecule has 0 saturated heterocycles. The number of hydrogen-bond acceptors (Lipinski definition) is 5. The van der Waals surface area contributed by atoms with Gasteiger partial charge in [-0.15, -0.1) is 11.3 Å². The first-order valence-electron chi connectivity index (χ1n) is 8.11. The lowest BCUT2D eigenvalue weighted by Crippen LogP contribution is -2.12. The molecule has 0 unspecified atom stereocenters. The van der Waals surface area contributed by atoms with E-state index in [-0.39, 0.29) is 5.91 Å². The van der Waals surface area contributed by atoms with Gasteiger partial charge in [0, 0.05) is 11.3 Å². The van der Waals surface area contributed by atoms with Crippen LogP contribution in [0, 0.1) is 0 Å². The maximum Gasteiger partial charge on any atom is 0.248 e. The van der Waals surface area contributed by atoms with Crippen LogP contribution in [0.4, 0.5) is 11.5 Å². The molecule has 4 rings (SSSR count). The van der Waals surface area contributed by atoms with Gasteiger partial charge in [-0.2, -0.15) is 0 Å². The van der Waals surface area contributed by atoms with Crippen LogP contribution in [0.15, 0.2) is 36.0 Å². The summed E-state index contributed by atoms with van der Waals surface area (Å²) in [5.41, 5.74) is 9.13. The fourth-order valence-electron chi connectivity index (χ4n) is 3.41. The summed E-state index contributed by atoms with van der Waals surface area (Å²) in [5, 5.41) is 5.46. The SMILES string of the molecule is NC(=O)c1ccc(Nc2ncnc3ccsc23)c(C2CCCC2)c1. The molecule has 0 bridgehead atoms. The lowest BCUT2D eigenvalue weighted by Gasteiger charge is -2.17. The number of carbonyl (C=O) groups is 1. The second-order valence-corrected chi connectivity index (χ2v) is 7.05. The van der Waals surface area contributed by atoms with Gasteiger partial charge in [0.1, 0.15) is 6.33 Å². The van der Waals surface area contributed by atoms with E-state index in [1.165, 1.54) is 12.8 Å². The second-order valence-electron chi connectivity index (χ2n) is 6.13. The van der Waals surface area contributed by atoms with Crippen molar-refractivity contribution in [3.63, 3.8) is 0 Å². The number of carbonyl (C=O) groups excluding carboxylic acids is 1. The van der Waals surface area contributed by atoms with E-state index in [0.29, 0.717) is 11.5 Å². The Labute approximate surface area is 143 Å².